The molecule has 2 N–H and O–H groups in total. The fraction of sp³-hybridized carbons (Fsp3) is 0.500. The zero-order valence-corrected chi connectivity index (χ0v) is 14.8. The highest BCUT2D eigenvalue weighted by Crippen LogP contribution is 2.28. The number of hydrogen-bond acceptors (Lipinski definition) is 5. The highest BCUT2D eigenvalue weighted by Gasteiger charge is 2.18. The first-order valence-corrected chi connectivity index (χ1v) is 8.68. The van der Waals surface area contributed by atoms with Crippen LogP contribution in [0.15, 0.2) is 18.2 Å². The number of nitrogens with one attached hydrogen (secondary N) is 1. The van der Waals surface area contributed by atoms with E-state index in [4.69, 9.17) is 14.6 Å². The lowest BCUT2D eigenvalue weighted by Gasteiger charge is -2.26. The number of benzene rings is 1. The Bertz CT molecular complexity index is 655. The average molecular weight is 364 g/mol. The van der Waals surface area contributed by atoms with Gasteiger partial charge in [0.05, 0.1) is 13.2 Å². The van der Waals surface area contributed by atoms with E-state index in [-0.39, 0.29) is 24.0 Å². The van der Waals surface area contributed by atoms with Crippen LogP contribution in [-0.4, -0.2) is 60.6 Å². The Labute approximate surface area is 152 Å². The van der Waals surface area contributed by atoms with Crippen LogP contribution in [0.3, 0.4) is 0 Å². The number of carboxylic acid groups (broad SMARTS) is 1. The summed E-state index contributed by atoms with van der Waals surface area (Å²) in [5.41, 5.74) is 0.308. The molecular formula is C18H24N2O6. The molecule has 2 rings (SSSR count). The standard InChI is InChI=1S/C18H24N2O6/c1-2-25-15-10-13(6-7-14(15)26-12-17(22)23)18(24)19-11-16(21)20-8-4-3-5-9-20/h6-7,10H,2-5,8-9,11-12H2,1H3,(H,19,24)(H,22,23). The Kier molecular flexibility index (Phi) is 7.25. The van der Waals surface area contributed by atoms with Crippen molar-refractivity contribution in [3.8, 4) is 11.5 Å². The highest BCUT2D eigenvalue weighted by atomic mass is 16.5. The maximum Gasteiger partial charge on any atom is 0.341 e. The van der Waals surface area contributed by atoms with Crippen molar-refractivity contribution in [1.82, 2.24) is 10.2 Å². The van der Waals surface area contributed by atoms with Crippen molar-refractivity contribution < 1.29 is 29.0 Å². The topological polar surface area (TPSA) is 105 Å². The number of ether oxygens (including phenoxy) is 2. The van der Waals surface area contributed by atoms with Gasteiger partial charge in [-0.2, -0.15) is 0 Å². The van der Waals surface area contributed by atoms with Crippen LogP contribution in [0, 0.1) is 0 Å². The summed E-state index contributed by atoms with van der Waals surface area (Å²) >= 11 is 0. The van der Waals surface area contributed by atoms with Crippen molar-refractivity contribution >= 4 is 17.8 Å². The molecule has 1 saturated heterocycles. The Morgan fingerprint density at radius 2 is 1.85 bits per heavy atom. The molecule has 1 fully saturated rings. The van der Waals surface area contributed by atoms with E-state index in [1.165, 1.54) is 18.2 Å². The van der Waals surface area contributed by atoms with Gasteiger partial charge in [0.2, 0.25) is 5.91 Å². The predicted octanol–water partition coefficient (Wildman–Crippen LogP) is 1.29. The molecule has 0 aromatic heterocycles. The van der Waals surface area contributed by atoms with E-state index in [1.54, 1.807) is 11.8 Å². The molecule has 0 aliphatic carbocycles. The van der Waals surface area contributed by atoms with Gasteiger partial charge in [-0.3, -0.25) is 9.59 Å². The van der Waals surface area contributed by atoms with E-state index < -0.39 is 18.5 Å². The third-order valence-electron chi connectivity index (χ3n) is 3.97. The summed E-state index contributed by atoms with van der Waals surface area (Å²) in [5, 5.41) is 11.3. The lowest BCUT2D eigenvalue weighted by molar-refractivity contribution is -0.139. The van der Waals surface area contributed by atoms with E-state index >= 15 is 0 Å². The third kappa shape index (κ3) is 5.65. The van der Waals surface area contributed by atoms with Crippen molar-refractivity contribution in [3.05, 3.63) is 23.8 Å². The summed E-state index contributed by atoms with van der Waals surface area (Å²) in [5.74, 6) is -1.07. The number of carbonyl (C=O) groups excluding carboxylic acids is 2. The van der Waals surface area contributed by atoms with Crippen molar-refractivity contribution in [2.45, 2.75) is 26.2 Å². The molecule has 1 aliphatic heterocycles. The van der Waals surface area contributed by atoms with Gasteiger partial charge in [0.15, 0.2) is 18.1 Å². The summed E-state index contributed by atoms with van der Waals surface area (Å²) in [7, 11) is 0. The van der Waals surface area contributed by atoms with E-state index in [2.05, 4.69) is 5.32 Å². The first-order valence-electron chi connectivity index (χ1n) is 8.68. The Balaban J connectivity index is 1.97. The van der Waals surface area contributed by atoms with Gasteiger partial charge in [0.25, 0.3) is 5.91 Å². The number of hydrogen-bond donors (Lipinski definition) is 2. The van der Waals surface area contributed by atoms with Gasteiger partial charge in [-0.1, -0.05) is 0 Å². The minimum Gasteiger partial charge on any atom is -0.490 e. The first kappa shape index (κ1) is 19.6. The van der Waals surface area contributed by atoms with Crippen LogP contribution >= 0.6 is 0 Å². The summed E-state index contributed by atoms with van der Waals surface area (Å²) in [4.78, 5) is 36.8. The Hall–Kier alpha value is -2.77. The zero-order valence-electron chi connectivity index (χ0n) is 14.8. The average Bonchev–Trinajstić information content (AvgIpc) is 2.65. The number of carboxylic acids is 1. The molecule has 8 heteroatoms. The Morgan fingerprint density at radius 1 is 1.12 bits per heavy atom. The van der Waals surface area contributed by atoms with E-state index in [0.29, 0.717) is 12.2 Å². The zero-order chi connectivity index (χ0) is 18.9. The maximum atomic E-state index is 12.3. The number of carbonyl (C=O) groups is 3. The third-order valence-corrected chi connectivity index (χ3v) is 3.97. The lowest BCUT2D eigenvalue weighted by atomic mass is 10.1. The number of nitrogens with zero attached hydrogens (tertiary/aromatic N) is 1. The largest absolute Gasteiger partial charge is 0.490 e. The number of piperidine rings is 1. The number of likely N-dealkylation sites (tertiary alicyclic amines) is 1. The smallest absolute Gasteiger partial charge is 0.341 e. The van der Waals surface area contributed by atoms with E-state index in [1.807, 2.05) is 0 Å². The second-order valence-corrected chi connectivity index (χ2v) is 5.90. The number of rotatable bonds is 8. The second kappa shape index (κ2) is 9.65. The van der Waals surface area contributed by atoms with Crippen LogP contribution in [0.25, 0.3) is 0 Å². The van der Waals surface area contributed by atoms with Crippen LogP contribution in [0.1, 0.15) is 36.5 Å². The lowest BCUT2D eigenvalue weighted by Crippen LogP contribution is -2.42. The molecule has 142 valence electrons. The van der Waals surface area contributed by atoms with Crippen LogP contribution in [0.4, 0.5) is 0 Å². The minimum atomic E-state index is -1.11. The van der Waals surface area contributed by atoms with Gasteiger partial charge in [-0.05, 0) is 44.4 Å². The molecule has 1 aromatic rings. The summed E-state index contributed by atoms with van der Waals surface area (Å²) in [6.07, 6.45) is 3.12. The fourth-order valence-corrected chi connectivity index (χ4v) is 2.69. The van der Waals surface area contributed by atoms with Crippen LogP contribution < -0.4 is 14.8 Å². The van der Waals surface area contributed by atoms with Crippen molar-refractivity contribution in [3.63, 3.8) is 0 Å². The number of amides is 2. The summed E-state index contributed by atoms with van der Waals surface area (Å²) < 4.78 is 10.6. The van der Waals surface area contributed by atoms with Crippen LogP contribution in [0.5, 0.6) is 11.5 Å². The molecule has 2 amide bonds. The molecule has 0 atom stereocenters. The van der Waals surface area contributed by atoms with Crippen LogP contribution in [-0.2, 0) is 9.59 Å². The first-order chi connectivity index (χ1) is 12.5. The van der Waals surface area contributed by atoms with Gasteiger partial charge in [0.1, 0.15) is 0 Å². The van der Waals surface area contributed by atoms with Gasteiger partial charge in [0, 0.05) is 18.7 Å². The van der Waals surface area contributed by atoms with E-state index in [0.717, 1.165) is 32.4 Å². The second-order valence-electron chi connectivity index (χ2n) is 5.90. The van der Waals surface area contributed by atoms with Crippen molar-refractivity contribution in [2.75, 3.05) is 32.8 Å². The maximum absolute atomic E-state index is 12.3. The summed E-state index contributed by atoms with van der Waals surface area (Å²) in [6.45, 7) is 3.01. The summed E-state index contributed by atoms with van der Waals surface area (Å²) in [6, 6.07) is 4.46. The van der Waals surface area contributed by atoms with Gasteiger partial charge in [-0.25, -0.2) is 4.79 Å². The van der Waals surface area contributed by atoms with Gasteiger partial charge >= 0.3 is 5.97 Å². The van der Waals surface area contributed by atoms with Gasteiger partial charge < -0.3 is 24.8 Å². The van der Waals surface area contributed by atoms with Gasteiger partial charge in [-0.15, -0.1) is 0 Å². The molecule has 0 radical (unpaired) electrons. The number of aliphatic carboxylic acids is 1. The quantitative estimate of drug-likeness (QED) is 0.720. The Morgan fingerprint density at radius 3 is 2.50 bits per heavy atom. The molecule has 1 aromatic carbocycles. The normalized spacial score (nSPS) is 13.8. The molecule has 1 heterocycles. The molecule has 0 spiro atoms. The van der Waals surface area contributed by atoms with E-state index in [9.17, 15) is 14.4 Å². The monoisotopic (exact) mass is 364 g/mol. The molecular weight excluding hydrogens is 340 g/mol. The molecule has 8 nitrogen and oxygen atoms in total. The van der Waals surface area contributed by atoms with Crippen LogP contribution in [0.2, 0.25) is 0 Å². The fourth-order valence-electron chi connectivity index (χ4n) is 2.69. The molecule has 26 heavy (non-hydrogen) atoms. The highest BCUT2D eigenvalue weighted by molar-refractivity contribution is 5.97. The molecule has 0 saturated carbocycles. The van der Waals surface area contributed by atoms with Crippen molar-refractivity contribution in [2.24, 2.45) is 0 Å². The SMILES string of the molecule is CCOc1cc(C(=O)NCC(=O)N2CCCCC2)ccc1OCC(=O)O. The molecule has 0 unspecified atom stereocenters. The molecule has 1 aliphatic rings. The minimum absolute atomic E-state index is 0.0555. The predicted molar refractivity (Wildman–Crippen MR) is 93.5 cm³/mol. The van der Waals surface area contributed by atoms with Crippen molar-refractivity contribution in [1.29, 1.82) is 0 Å². The molecule has 0 bridgehead atoms.